The van der Waals surface area contributed by atoms with Crippen molar-refractivity contribution >= 4 is 34.0 Å². The molecular weight excluding hydrogens is 394 g/mol. The molecule has 0 aliphatic carbocycles. The topological polar surface area (TPSA) is 51.8 Å². The van der Waals surface area contributed by atoms with E-state index in [0.717, 1.165) is 26.7 Å². The van der Waals surface area contributed by atoms with E-state index in [9.17, 15) is 0 Å². The van der Waals surface area contributed by atoms with Gasteiger partial charge in [0, 0.05) is 21.4 Å². The van der Waals surface area contributed by atoms with Crippen molar-refractivity contribution in [1.82, 2.24) is 15.1 Å². The molecule has 0 aliphatic heterocycles. The van der Waals surface area contributed by atoms with Crippen molar-refractivity contribution in [3.63, 3.8) is 0 Å². The quantitative estimate of drug-likeness (QED) is 0.336. The highest BCUT2D eigenvalue weighted by molar-refractivity contribution is 7.21. The summed E-state index contributed by atoms with van der Waals surface area (Å²) in [6.07, 6.45) is 0. The Balaban J connectivity index is 1.40. The van der Waals surface area contributed by atoms with Gasteiger partial charge >= 0.3 is 0 Å². The summed E-state index contributed by atoms with van der Waals surface area (Å²) < 4.78 is 5.37. The zero-order valence-electron chi connectivity index (χ0n) is 14.2. The highest BCUT2D eigenvalue weighted by Gasteiger charge is 2.12. The lowest BCUT2D eigenvalue weighted by molar-refractivity contribution is 0.433. The summed E-state index contributed by atoms with van der Waals surface area (Å²) >= 11 is 5.03. The summed E-state index contributed by atoms with van der Waals surface area (Å²) in [5.74, 6) is 1.15. The largest absolute Gasteiger partial charge is 0.333 e. The molecule has 7 heteroatoms. The van der Waals surface area contributed by atoms with Crippen LogP contribution < -0.4 is 0 Å². The van der Waals surface area contributed by atoms with E-state index in [1.807, 2.05) is 29.6 Å². The Hall–Kier alpha value is -2.61. The lowest BCUT2D eigenvalue weighted by atomic mass is 10.1. The Morgan fingerprint density at radius 2 is 1.70 bits per heavy atom. The van der Waals surface area contributed by atoms with E-state index in [4.69, 9.17) is 9.51 Å². The number of benzene rings is 1. The first-order chi connectivity index (χ1) is 13.3. The van der Waals surface area contributed by atoms with E-state index in [1.54, 1.807) is 34.0 Å². The number of aryl methyl sites for hydroxylation is 1. The van der Waals surface area contributed by atoms with Crippen LogP contribution in [0.3, 0.4) is 0 Å². The average molecular weight is 408 g/mol. The molecule has 0 fully saturated rings. The first-order valence-corrected chi connectivity index (χ1v) is 10.8. The van der Waals surface area contributed by atoms with Crippen LogP contribution in [0.1, 0.15) is 4.88 Å². The molecule has 0 amide bonds. The fraction of sp³-hybridized carbons (Fsp3) is 0.0500. The number of nitrogens with zero attached hydrogens (tertiary/aromatic N) is 3. The number of hydrogen-bond donors (Lipinski definition) is 0. The summed E-state index contributed by atoms with van der Waals surface area (Å²) in [7, 11) is 0. The van der Waals surface area contributed by atoms with E-state index in [0.29, 0.717) is 11.7 Å². The second-order valence-corrected chi connectivity index (χ2v) is 9.02. The Kier molecular flexibility index (Phi) is 4.20. The Morgan fingerprint density at radius 3 is 2.44 bits per heavy atom. The van der Waals surface area contributed by atoms with E-state index in [2.05, 4.69) is 46.7 Å². The van der Waals surface area contributed by atoms with Gasteiger partial charge in [0.15, 0.2) is 0 Å². The highest BCUT2D eigenvalue weighted by Crippen LogP contribution is 2.33. The maximum Gasteiger partial charge on any atom is 0.268 e. The van der Waals surface area contributed by atoms with Gasteiger partial charge in [-0.3, -0.25) is 0 Å². The molecule has 0 spiro atoms. The molecule has 4 aromatic heterocycles. The minimum absolute atomic E-state index is 0.555. The predicted octanol–water partition coefficient (Wildman–Crippen LogP) is 6.63. The van der Waals surface area contributed by atoms with Crippen molar-refractivity contribution in [2.75, 3.05) is 0 Å². The number of rotatable bonds is 4. The molecule has 4 heterocycles. The molecular formula is C20H13N3OS3. The molecule has 0 aliphatic rings. The van der Waals surface area contributed by atoms with Gasteiger partial charge in [0.25, 0.3) is 5.89 Å². The summed E-state index contributed by atoms with van der Waals surface area (Å²) in [4.78, 5) is 12.8. The van der Waals surface area contributed by atoms with Gasteiger partial charge < -0.3 is 4.52 Å². The smallest absolute Gasteiger partial charge is 0.268 e. The Labute approximate surface area is 167 Å². The van der Waals surface area contributed by atoms with Crippen molar-refractivity contribution in [3.05, 3.63) is 64.2 Å². The summed E-state index contributed by atoms with van der Waals surface area (Å²) in [5.41, 5.74) is 2.99. The fourth-order valence-corrected chi connectivity index (χ4v) is 5.11. The van der Waals surface area contributed by atoms with Crippen LogP contribution in [-0.4, -0.2) is 15.1 Å². The van der Waals surface area contributed by atoms with Gasteiger partial charge in [-0.25, -0.2) is 4.98 Å². The second kappa shape index (κ2) is 6.84. The molecule has 0 N–H and O–H groups in total. The van der Waals surface area contributed by atoms with Gasteiger partial charge in [-0.05, 0) is 30.5 Å². The normalized spacial score (nSPS) is 11.1. The van der Waals surface area contributed by atoms with Crippen LogP contribution in [0.4, 0.5) is 0 Å². The van der Waals surface area contributed by atoms with Gasteiger partial charge in [0.2, 0.25) is 5.82 Å². The Bertz CT molecular complexity index is 1180. The SMILES string of the molecule is Cc1ccc(-c2nc(-c3ccc(-c4noc(-c5cccs5)n4)cc3)cs2)s1. The minimum Gasteiger partial charge on any atom is -0.333 e. The minimum atomic E-state index is 0.555. The van der Waals surface area contributed by atoms with Crippen LogP contribution in [0.2, 0.25) is 0 Å². The van der Waals surface area contributed by atoms with Crippen LogP contribution in [0.15, 0.2) is 63.8 Å². The standard InChI is InChI=1S/C20H13N3OS3/c1-12-4-9-17(27-12)20-21-15(11-26-20)13-5-7-14(8-6-13)18-22-19(24-23-18)16-3-2-10-25-16/h2-11H,1H3. The third-order valence-electron chi connectivity index (χ3n) is 4.05. The van der Waals surface area contributed by atoms with E-state index >= 15 is 0 Å². The number of thiazole rings is 1. The summed E-state index contributed by atoms with van der Waals surface area (Å²) in [6, 6.07) is 16.3. The molecule has 0 saturated heterocycles. The lowest BCUT2D eigenvalue weighted by Crippen LogP contribution is -1.83. The van der Waals surface area contributed by atoms with E-state index in [1.165, 1.54) is 9.75 Å². The van der Waals surface area contributed by atoms with Crippen LogP contribution in [0.25, 0.3) is 43.3 Å². The molecule has 0 bridgehead atoms. The predicted molar refractivity (Wildman–Crippen MR) is 112 cm³/mol. The molecule has 132 valence electrons. The van der Waals surface area contributed by atoms with E-state index in [-0.39, 0.29) is 0 Å². The third kappa shape index (κ3) is 3.25. The van der Waals surface area contributed by atoms with Gasteiger partial charge in [-0.1, -0.05) is 35.5 Å². The zero-order valence-corrected chi connectivity index (χ0v) is 16.7. The van der Waals surface area contributed by atoms with Crippen LogP contribution in [0, 0.1) is 6.92 Å². The highest BCUT2D eigenvalue weighted by atomic mass is 32.1. The first-order valence-electron chi connectivity index (χ1n) is 8.27. The number of hydrogen-bond acceptors (Lipinski definition) is 7. The van der Waals surface area contributed by atoms with Crippen LogP contribution in [-0.2, 0) is 0 Å². The van der Waals surface area contributed by atoms with Crippen LogP contribution in [0.5, 0.6) is 0 Å². The molecule has 4 nitrogen and oxygen atoms in total. The summed E-state index contributed by atoms with van der Waals surface area (Å²) in [5, 5.41) is 9.25. The molecule has 5 aromatic rings. The molecule has 0 radical (unpaired) electrons. The van der Waals surface area contributed by atoms with Gasteiger partial charge in [-0.15, -0.1) is 34.0 Å². The van der Waals surface area contributed by atoms with Crippen molar-refractivity contribution in [1.29, 1.82) is 0 Å². The van der Waals surface area contributed by atoms with E-state index < -0.39 is 0 Å². The summed E-state index contributed by atoms with van der Waals surface area (Å²) in [6.45, 7) is 2.11. The monoisotopic (exact) mass is 407 g/mol. The van der Waals surface area contributed by atoms with Gasteiger partial charge in [0.05, 0.1) is 15.4 Å². The van der Waals surface area contributed by atoms with Crippen molar-refractivity contribution in [3.8, 4) is 43.3 Å². The average Bonchev–Trinajstić information content (AvgIpc) is 3.47. The van der Waals surface area contributed by atoms with Crippen molar-refractivity contribution in [2.24, 2.45) is 0 Å². The van der Waals surface area contributed by atoms with Crippen molar-refractivity contribution < 1.29 is 4.52 Å². The molecule has 1 aromatic carbocycles. The molecule has 0 unspecified atom stereocenters. The second-order valence-electron chi connectivity index (χ2n) is 5.93. The molecule has 5 rings (SSSR count). The van der Waals surface area contributed by atoms with Gasteiger partial charge in [-0.2, -0.15) is 4.98 Å². The fourth-order valence-electron chi connectivity index (χ4n) is 2.70. The molecule has 0 saturated carbocycles. The molecule has 27 heavy (non-hydrogen) atoms. The zero-order chi connectivity index (χ0) is 18.2. The van der Waals surface area contributed by atoms with Crippen molar-refractivity contribution in [2.45, 2.75) is 6.92 Å². The number of aromatic nitrogens is 3. The first kappa shape index (κ1) is 16.6. The lowest BCUT2D eigenvalue weighted by Gasteiger charge is -1.98. The maximum atomic E-state index is 5.37. The van der Waals surface area contributed by atoms with Gasteiger partial charge in [0.1, 0.15) is 5.01 Å². The molecule has 0 atom stereocenters. The third-order valence-corrected chi connectivity index (χ3v) is 6.92. The number of thiophene rings is 2. The Morgan fingerprint density at radius 1 is 0.852 bits per heavy atom. The van der Waals surface area contributed by atoms with Crippen LogP contribution >= 0.6 is 34.0 Å². The maximum absolute atomic E-state index is 5.37.